The van der Waals surface area contributed by atoms with Crippen LogP contribution in [0.1, 0.15) is 35.2 Å². The Kier molecular flexibility index (Phi) is 6.60. The van der Waals surface area contributed by atoms with Crippen LogP contribution in [0, 0.1) is 0 Å². The lowest BCUT2D eigenvalue weighted by Crippen LogP contribution is -2.48. The third kappa shape index (κ3) is 4.79. The fourth-order valence-corrected chi connectivity index (χ4v) is 4.32. The quantitative estimate of drug-likeness (QED) is 0.599. The number of piperidine rings is 1. The van der Waals surface area contributed by atoms with E-state index in [1.165, 1.54) is 5.56 Å². The molecule has 1 aliphatic heterocycles. The predicted molar refractivity (Wildman–Crippen MR) is 120 cm³/mol. The van der Waals surface area contributed by atoms with Gasteiger partial charge < -0.3 is 9.80 Å². The minimum absolute atomic E-state index is 0.0669. The SMILES string of the molecule is CN(C(=O)c1ccccc1-n1cccn1)[C@@H]1CCCN(CCCc2ccccc2)C1. The third-order valence-corrected chi connectivity index (χ3v) is 6.02. The zero-order valence-corrected chi connectivity index (χ0v) is 17.7. The van der Waals surface area contributed by atoms with Gasteiger partial charge in [0.15, 0.2) is 0 Å². The summed E-state index contributed by atoms with van der Waals surface area (Å²) < 4.78 is 1.76. The van der Waals surface area contributed by atoms with Gasteiger partial charge in [0, 0.05) is 32.0 Å². The number of amides is 1. The molecule has 1 atom stereocenters. The monoisotopic (exact) mass is 402 g/mol. The maximum atomic E-state index is 13.3. The van der Waals surface area contributed by atoms with Gasteiger partial charge in [0.2, 0.25) is 0 Å². The van der Waals surface area contributed by atoms with Gasteiger partial charge in [0.25, 0.3) is 5.91 Å². The lowest BCUT2D eigenvalue weighted by Gasteiger charge is -2.38. The molecular weight excluding hydrogens is 372 g/mol. The molecule has 0 radical (unpaired) electrons. The number of aryl methyl sites for hydroxylation is 1. The minimum atomic E-state index is 0.0669. The topological polar surface area (TPSA) is 41.4 Å². The van der Waals surface area contributed by atoms with Gasteiger partial charge in [-0.1, -0.05) is 42.5 Å². The van der Waals surface area contributed by atoms with E-state index in [1.54, 1.807) is 10.9 Å². The summed E-state index contributed by atoms with van der Waals surface area (Å²) in [5.41, 5.74) is 2.92. The zero-order valence-electron chi connectivity index (χ0n) is 17.7. The molecule has 0 bridgehead atoms. The second-order valence-electron chi connectivity index (χ2n) is 8.07. The highest BCUT2D eigenvalue weighted by molar-refractivity contribution is 5.97. The summed E-state index contributed by atoms with van der Waals surface area (Å²) in [6.45, 7) is 3.15. The molecule has 4 rings (SSSR count). The summed E-state index contributed by atoms with van der Waals surface area (Å²) >= 11 is 0. The molecule has 1 aromatic heterocycles. The molecule has 0 N–H and O–H groups in total. The van der Waals surface area contributed by atoms with Crippen LogP contribution in [0.15, 0.2) is 73.1 Å². The summed E-state index contributed by atoms with van der Waals surface area (Å²) in [4.78, 5) is 17.8. The highest BCUT2D eigenvalue weighted by Crippen LogP contribution is 2.21. The van der Waals surface area contributed by atoms with Gasteiger partial charge in [-0.25, -0.2) is 4.68 Å². The fourth-order valence-electron chi connectivity index (χ4n) is 4.32. The molecule has 30 heavy (non-hydrogen) atoms. The highest BCUT2D eigenvalue weighted by atomic mass is 16.2. The third-order valence-electron chi connectivity index (χ3n) is 6.02. The summed E-state index contributed by atoms with van der Waals surface area (Å²) in [5.74, 6) is 0.0669. The van der Waals surface area contributed by atoms with E-state index in [0.29, 0.717) is 5.56 Å². The van der Waals surface area contributed by atoms with Gasteiger partial charge in [0.1, 0.15) is 0 Å². The van der Waals surface area contributed by atoms with E-state index in [0.717, 1.165) is 51.0 Å². The zero-order chi connectivity index (χ0) is 20.8. The van der Waals surface area contributed by atoms with Crippen LogP contribution in [0.3, 0.4) is 0 Å². The number of hydrogen-bond acceptors (Lipinski definition) is 3. The number of aromatic nitrogens is 2. The average molecular weight is 403 g/mol. The van der Waals surface area contributed by atoms with Crippen molar-refractivity contribution in [3.05, 3.63) is 84.2 Å². The molecule has 0 spiro atoms. The van der Waals surface area contributed by atoms with Crippen LogP contribution in [0.25, 0.3) is 5.69 Å². The number of benzene rings is 2. The van der Waals surface area contributed by atoms with Gasteiger partial charge in [-0.3, -0.25) is 4.79 Å². The van der Waals surface area contributed by atoms with E-state index < -0.39 is 0 Å². The molecule has 156 valence electrons. The lowest BCUT2D eigenvalue weighted by atomic mass is 10.0. The van der Waals surface area contributed by atoms with Crippen LogP contribution >= 0.6 is 0 Å². The Labute approximate surface area is 178 Å². The van der Waals surface area contributed by atoms with Gasteiger partial charge in [-0.2, -0.15) is 5.10 Å². The van der Waals surface area contributed by atoms with Gasteiger partial charge in [-0.05, 0) is 62.5 Å². The number of para-hydroxylation sites is 1. The first kappa shape index (κ1) is 20.4. The van der Waals surface area contributed by atoms with Crippen molar-refractivity contribution in [2.45, 2.75) is 31.7 Å². The van der Waals surface area contributed by atoms with Crippen LogP contribution in [0.4, 0.5) is 0 Å². The van der Waals surface area contributed by atoms with E-state index >= 15 is 0 Å². The number of hydrogen-bond donors (Lipinski definition) is 0. The number of rotatable bonds is 7. The van der Waals surface area contributed by atoms with Crippen molar-refractivity contribution < 1.29 is 4.79 Å². The minimum Gasteiger partial charge on any atom is -0.337 e. The lowest BCUT2D eigenvalue weighted by molar-refractivity contribution is 0.0617. The Hall–Kier alpha value is -2.92. The van der Waals surface area contributed by atoms with Crippen molar-refractivity contribution in [3.63, 3.8) is 0 Å². The smallest absolute Gasteiger partial charge is 0.256 e. The molecule has 0 unspecified atom stereocenters. The average Bonchev–Trinajstić information content (AvgIpc) is 3.34. The maximum Gasteiger partial charge on any atom is 0.256 e. The van der Waals surface area contributed by atoms with E-state index in [1.807, 2.05) is 48.5 Å². The molecule has 0 saturated carbocycles. The molecule has 1 aliphatic rings. The van der Waals surface area contributed by atoms with Crippen LogP contribution in [0.2, 0.25) is 0 Å². The first-order valence-corrected chi connectivity index (χ1v) is 10.8. The molecule has 3 aromatic rings. The Balaban J connectivity index is 1.37. The van der Waals surface area contributed by atoms with Crippen molar-refractivity contribution in [2.24, 2.45) is 0 Å². The van der Waals surface area contributed by atoms with E-state index in [4.69, 9.17) is 0 Å². The Morgan fingerprint density at radius 3 is 2.70 bits per heavy atom. The van der Waals surface area contributed by atoms with Gasteiger partial charge >= 0.3 is 0 Å². The maximum absolute atomic E-state index is 13.3. The van der Waals surface area contributed by atoms with Gasteiger partial charge in [-0.15, -0.1) is 0 Å². The van der Waals surface area contributed by atoms with Crippen molar-refractivity contribution >= 4 is 5.91 Å². The Morgan fingerprint density at radius 1 is 1.10 bits per heavy atom. The standard InChI is InChI=1S/C25H30N4O/c1-27(25(30)23-14-5-6-15-24(23)29-19-9-16-26-29)22-13-8-18-28(20-22)17-7-12-21-10-3-2-4-11-21/h2-6,9-11,14-16,19,22H,7-8,12-13,17-18,20H2,1H3/t22-/m1/s1. The summed E-state index contributed by atoms with van der Waals surface area (Å²) in [6, 6.07) is 20.5. The van der Waals surface area contributed by atoms with Crippen molar-refractivity contribution in [1.82, 2.24) is 19.6 Å². The van der Waals surface area contributed by atoms with Crippen LogP contribution in [-0.2, 0) is 6.42 Å². The summed E-state index contributed by atoms with van der Waals surface area (Å²) in [5, 5.41) is 4.31. The normalized spacial score (nSPS) is 17.0. The number of carbonyl (C=O) groups excluding carboxylic acids is 1. The van der Waals surface area contributed by atoms with Crippen LogP contribution < -0.4 is 0 Å². The second-order valence-corrected chi connectivity index (χ2v) is 8.07. The number of likely N-dealkylation sites (tertiary alicyclic amines) is 1. The second kappa shape index (κ2) is 9.72. The van der Waals surface area contributed by atoms with Crippen molar-refractivity contribution in [1.29, 1.82) is 0 Å². The summed E-state index contributed by atoms with van der Waals surface area (Å²) in [7, 11) is 1.94. The first-order chi connectivity index (χ1) is 14.7. The number of carbonyl (C=O) groups is 1. The number of likely N-dealkylation sites (N-methyl/N-ethyl adjacent to an activating group) is 1. The van der Waals surface area contributed by atoms with Crippen molar-refractivity contribution in [3.8, 4) is 5.69 Å². The molecular formula is C25H30N4O. The predicted octanol–water partition coefficient (Wildman–Crippen LogP) is 4.04. The Bertz CT molecular complexity index is 939. The van der Waals surface area contributed by atoms with Crippen molar-refractivity contribution in [2.75, 3.05) is 26.7 Å². The molecule has 5 nitrogen and oxygen atoms in total. The largest absolute Gasteiger partial charge is 0.337 e. The van der Waals surface area contributed by atoms with Crippen LogP contribution in [-0.4, -0.2) is 58.2 Å². The molecule has 2 aromatic carbocycles. The molecule has 1 amide bonds. The molecule has 0 aliphatic carbocycles. The van der Waals surface area contributed by atoms with E-state index in [-0.39, 0.29) is 11.9 Å². The van der Waals surface area contributed by atoms with E-state index in [2.05, 4.69) is 40.3 Å². The highest BCUT2D eigenvalue weighted by Gasteiger charge is 2.27. The van der Waals surface area contributed by atoms with E-state index in [9.17, 15) is 4.79 Å². The molecule has 5 heteroatoms. The van der Waals surface area contributed by atoms with Gasteiger partial charge in [0.05, 0.1) is 11.3 Å². The Morgan fingerprint density at radius 2 is 1.90 bits per heavy atom. The summed E-state index contributed by atoms with van der Waals surface area (Å²) in [6.07, 6.45) is 8.06. The number of nitrogens with zero attached hydrogens (tertiary/aromatic N) is 4. The molecule has 2 heterocycles. The van der Waals surface area contributed by atoms with Crippen LogP contribution in [0.5, 0.6) is 0 Å². The molecule has 1 saturated heterocycles. The molecule has 1 fully saturated rings. The fraction of sp³-hybridized carbons (Fsp3) is 0.360. The first-order valence-electron chi connectivity index (χ1n) is 10.8.